The summed E-state index contributed by atoms with van der Waals surface area (Å²) < 4.78 is 0. The van der Waals surface area contributed by atoms with Gasteiger partial charge in [0.25, 0.3) is 0 Å². The monoisotopic (exact) mass is 207 g/mol. The van der Waals surface area contributed by atoms with E-state index in [4.69, 9.17) is 0 Å². The minimum Gasteiger partial charge on any atom is -0.305 e. The van der Waals surface area contributed by atoms with E-state index in [2.05, 4.69) is 40.0 Å². The molecule has 0 saturated heterocycles. The van der Waals surface area contributed by atoms with Crippen molar-refractivity contribution in [3.8, 4) is 0 Å². The SMILES string of the molecule is CC(NCc1cccs1)c1cn[nH]c1. The molecule has 2 rings (SSSR count). The van der Waals surface area contributed by atoms with Gasteiger partial charge in [0, 0.05) is 29.2 Å². The van der Waals surface area contributed by atoms with Gasteiger partial charge in [-0.25, -0.2) is 0 Å². The highest BCUT2D eigenvalue weighted by Gasteiger charge is 2.05. The van der Waals surface area contributed by atoms with Gasteiger partial charge >= 0.3 is 0 Å². The lowest BCUT2D eigenvalue weighted by atomic mass is 10.2. The molecule has 0 bridgehead atoms. The average molecular weight is 207 g/mol. The van der Waals surface area contributed by atoms with Gasteiger partial charge in [-0.05, 0) is 18.4 Å². The lowest BCUT2D eigenvalue weighted by molar-refractivity contribution is 0.579. The number of hydrogen-bond donors (Lipinski definition) is 2. The quantitative estimate of drug-likeness (QED) is 0.807. The van der Waals surface area contributed by atoms with E-state index < -0.39 is 0 Å². The van der Waals surface area contributed by atoms with Gasteiger partial charge in [-0.15, -0.1) is 11.3 Å². The van der Waals surface area contributed by atoms with Crippen LogP contribution in [0.5, 0.6) is 0 Å². The second-order valence-electron chi connectivity index (χ2n) is 3.21. The summed E-state index contributed by atoms with van der Waals surface area (Å²) in [5.74, 6) is 0. The Bertz CT molecular complexity index is 353. The van der Waals surface area contributed by atoms with Crippen molar-refractivity contribution in [2.45, 2.75) is 19.5 Å². The number of aromatic amines is 1. The maximum atomic E-state index is 3.93. The van der Waals surface area contributed by atoms with Gasteiger partial charge in [0.2, 0.25) is 0 Å². The Morgan fingerprint density at radius 1 is 1.64 bits per heavy atom. The van der Waals surface area contributed by atoms with Crippen LogP contribution in [0.25, 0.3) is 0 Å². The first-order chi connectivity index (χ1) is 6.86. The predicted molar refractivity (Wildman–Crippen MR) is 58.2 cm³/mol. The van der Waals surface area contributed by atoms with Crippen LogP contribution >= 0.6 is 11.3 Å². The van der Waals surface area contributed by atoms with E-state index in [0.29, 0.717) is 6.04 Å². The fraction of sp³-hybridized carbons (Fsp3) is 0.300. The molecule has 0 aliphatic heterocycles. The maximum absolute atomic E-state index is 3.93. The molecule has 4 heteroatoms. The van der Waals surface area contributed by atoms with Crippen molar-refractivity contribution in [1.82, 2.24) is 15.5 Å². The van der Waals surface area contributed by atoms with Crippen molar-refractivity contribution in [2.24, 2.45) is 0 Å². The molecule has 0 aliphatic rings. The number of aromatic nitrogens is 2. The fourth-order valence-electron chi connectivity index (χ4n) is 1.28. The molecule has 0 fully saturated rings. The van der Waals surface area contributed by atoms with Gasteiger partial charge in [0.05, 0.1) is 6.20 Å². The van der Waals surface area contributed by atoms with Crippen molar-refractivity contribution in [3.05, 3.63) is 40.3 Å². The summed E-state index contributed by atoms with van der Waals surface area (Å²) in [7, 11) is 0. The normalized spacial score (nSPS) is 12.9. The van der Waals surface area contributed by atoms with Crippen molar-refractivity contribution in [2.75, 3.05) is 0 Å². The molecule has 0 spiro atoms. The number of nitrogens with zero attached hydrogens (tertiary/aromatic N) is 1. The summed E-state index contributed by atoms with van der Waals surface area (Å²) >= 11 is 1.78. The Balaban J connectivity index is 1.87. The number of H-pyrrole nitrogens is 1. The van der Waals surface area contributed by atoms with E-state index >= 15 is 0 Å². The highest BCUT2D eigenvalue weighted by molar-refractivity contribution is 7.09. The van der Waals surface area contributed by atoms with E-state index in [1.165, 1.54) is 10.4 Å². The van der Waals surface area contributed by atoms with Crippen LogP contribution in [0.3, 0.4) is 0 Å². The zero-order valence-electron chi connectivity index (χ0n) is 8.03. The standard InChI is InChI=1S/C10H13N3S/c1-8(9-5-12-13-6-9)11-7-10-3-2-4-14-10/h2-6,8,11H,7H2,1H3,(H,12,13). The van der Waals surface area contributed by atoms with Gasteiger partial charge < -0.3 is 5.32 Å². The third-order valence-electron chi connectivity index (χ3n) is 2.18. The molecule has 2 aromatic rings. The van der Waals surface area contributed by atoms with Crippen LogP contribution in [0.15, 0.2) is 29.9 Å². The topological polar surface area (TPSA) is 40.7 Å². The molecule has 3 nitrogen and oxygen atoms in total. The summed E-state index contributed by atoms with van der Waals surface area (Å²) in [4.78, 5) is 1.36. The van der Waals surface area contributed by atoms with Crippen LogP contribution in [-0.4, -0.2) is 10.2 Å². The highest BCUT2D eigenvalue weighted by atomic mass is 32.1. The third kappa shape index (κ3) is 2.21. The van der Waals surface area contributed by atoms with E-state index in [-0.39, 0.29) is 0 Å². The first-order valence-electron chi connectivity index (χ1n) is 4.60. The maximum Gasteiger partial charge on any atom is 0.0534 e. The first kappa shape index (κ1) is 9.43. The number of hydrogen-bond acceptors (Lipinski definition) is 3. The third-order valence-corrected chi connectivity index (χ3v) is 3.06. The second-order valence-corrected chi connectivity index (χ2v) is 4.25. The van der Waals surface area contributed by atoms with Crippen molar-refractivity contribution < 1.29 is 0 Å². The lowest BCUT2D eigenvalue weighted by Gasteiger charge is -2.10. The lowest BCUT2D eigenvalue weighted by Crippen LogP contribution is -2.16. The van der Waals surface area contributed by atoms with Crippen molar-refractivity contribution in [3.63, 3.8) is 0 Å². The van der Waals surface area contributed by atoms with E-state index in [1.54, 1.807) is 11.3 Å². The zero-order chi connectivity index (χ0) is 9.80. The van der Waals surface area contributed by atoms with Crippen LogP contribution in [0, 0.1) is 0 Å². The van der Waals surface area contributed by atoms with E-state index in [0.717, 1.165) is 6.54 Å². The molecule has 2 N–H and O–H groups in total. The van der Waals surface area contributed by atoms with Gasteiger partial charge in [-0.1, -0.05) is 6.07 Å². The molecule has 2 heterocycles. The molecule has 1 atom stereocenters. The van der Waals surface area contributed by atoms with Crippen LogP contribution < -0.4 is 5.32 Å². The number of thiophene rings is 1. The summed E-state index contributed by atoms with van der Waals surface area (Å²) in [6.45, 7) is 3.06. The predicted octanol–water partition coefficient (Wildman–Crippen LogP) is 2.32. The Labute approximate surface area is 87.2 Å². The highest BCUT2D eigenvalue weighted by Crippen LogP contribution is 2.12. The molecule has 14 heavy (non-hydrogen) atoms. The fourth-order valence-corrected chi connectivity index (χ4v) is 1.94. The molecule has 74 valence electrons. The smallest absolute Gasteiger partial charge is 0.0534 e. The summed E-state index contributed by atoms with van der Waals surface area (Å²) in [5, 5.41) is 12.3. The van der Waals surface area contributed by atoms with Crippen LogP contribution in [-0.2, 0) is 6.54 Å². The molecule has 0 radical (unpaired) electrons. The number of nitrogens with one attached hydrogen (secondary N) is 2. The summed E-state index contributed by atoms with van der Waals surface area (Å²) in [6.07, 6.45) is 3.78. The van der Waals surface area contributed by atoms with Gasteiger partial charge in [-0.2, -0.15) is 5.10 Å². The van der Waals surface area contributed by atoms with Gasteiger partial charge in [0.15, 0.2) is 0 Å². The van der Waals surface area contributed by atoms with Gasteiger partial charge in [0.1, 0.15) is 0 Å². The number of rotatable bonds is 4. The summed E-state index contributed by atoms with van der Waals surface area (Å²) in [5.41, 5.74) is 1.20. The molecule has 2 aromatic heterocycles. The van der Waals surface area contributed by atoms with Crippen LogP contribution in [0.2, 0.25) is 0 Å². The Morgan fingerprint density at radius 3 is 3.21 bits per heavy atom. The summed E-state index contributed by atoms with van der Waals surface area (Å²) in [6, 6.07) is 4.56. The molecule has 0 aromatic carbocycles. The molecule has 0 aliphatic carbocycles. The molecule has 0 amide bonds. The molecule has 1 unspecified atom stereocenters. The Hall–Kier alpha value is -1.13. The Kier molecular flexibility index (Phi) is 2.96. The van der Waals surface area contributed by atoms with Crippen molar-refractivity contribution in [1.29, 1.82) is 0 Å². The minimum atomic E-state index is 0.343. The van der Waals surface area contributed by atoms with Crippen molar-refractivity contribution >= 4 is 11.3 Å². The molecular formula is C10H13N3S. The minimum absolute atomic E-state index is 0.343. The zero-order valence-corrected chi connectivity index (χ0v) is 8.84. The average Bonchev–Trinajstić information content (AvgIpc) is 2.87. The largest absolute Gasteiger partial charge is 0.305 e. The second kappa shape index (κ2) is 4.39. The van der Waals surface area contributed by atoms with E-state index in [1.807, 2.05) is 12.4 Å². The van der Waals surface area contributed by atoms with Gasteiger partial charge in [-0.3, -0.25) is 5.10 Å². The van der Waals surface area contributed by atoms with Crippen LogP contribution in [0.1, 0.15) is 23.4 Å². The van der Waals surface area contributed by atoms with E-state index in [9.17, 15) is 0 Å². The van der Waals surface area contributed by atoms with Crippen LogP contribution in [0.4, 0.5) is 0 Å². The Morgan fingerprint density at radius 2 is 2.57 bits per heavy atom. The molecular weight excluding hydrogens is 194 g/mol. The molecule has 0 saturated carbocycles. The first-order valence-corrected chi connectivity index (χ1v) is 5.48.